The van der Waals surface area contributed by atoms with Crippen LogP contribution in [0, 0.1) is 6.92 Å². The van der Waals surface area contributed by atoms with Crippen molar-refractivity contribution in [2.24, 2.45) is 0 Å². The van der Waals surface area contributed by atoms with Gasteiger partial charge in [-0.15, -0.1) is 10.2 Å². The van der Waals surface area contributed by atoms with E-state index in [1.807, 2.05) is 66.2 Å². The fourth-order valence-electron chi connectivity index (χ4n) is 3.28. The molecule has 0 saturated carbocycles. The second-order valence-corrected chi connectivity index (χ2v) is 6.60. The van der Waals surface area contributed by atoms with Crippen LogP contribution in [0.2, 0.25) is 0 Å². The maximum Gasteiger partial charge on any atom is 0.254 e. The molecule has 0 fully saturated rings. The van der Waals surface area contributed by atoms with Gasteiger partial charge in [0.15, 0.2) is 0 Å². The number of hydrogen-bond acceptors (Lipinski definition) is 7. The summed E-state index contributed by atoms with van der Waals surface area (Å²) in [4.78, 5) is 4.07. The third kappa shape index (κ3) is 3.04. The van der Waals surface area contributed by atoms with Crippen LogP contribution in [-0.2, 0) is 0 Å². The number of imidazole rings is 1. The molecule has 8 nitrogen and oxygen atoms in total. The molecule has 3 aromatic heterocycles. The lowest BCUT2D eigenvalue weighted by molar-refractivity contribution is 0.399. The van der Waals surface area contributed by atoms with Crippen LogP contribution in [0.3, 0.4) is 0 Å². The van der Waals surface area contributed by atoms with Crippen LogP contribution >= 0.6 is 0 Å². The molecule has 0 saturated heterocycles. The standard InChI is InChI=1S/C22H17N5O3/c1-14-19(20(26-30-14)15-6-4-3-5-7-15)22-25-24-21(29-22)17-9-8-16(12-18(17)28-2)27-11-10-23-13-27/h3-13H,1-2H3. The molecule has 30 heavy (non-hydrogen) atoms. The van der Waals surface area contributed by atoms with Gasteiger partial charge in [-0.2, -0.15) is 0 Å². The van der Waals surface area contributed by atoms with Crippen molar-refractivity contribution in [2.45, 2.75) is 6.92 Å². The van der Waals surface area contributed by atoms with Crippen molar-refractivity contribution in [3.05, 3.63) is 73.0 Å². The first-order valence-corrected chi connectivity index (χ1v) is 9.27. The van der Waals surface area contributed by atoms with Gasteiger partial charge in [-0.1, -0.05) is 35.5 Å². The van der Waals surface area contributed by atoms with Crippen LogP contribution in [0.15, 0.2) is 76.2 Å². The van der Waals surface area contributed by atoms with Crippen LogP contribution < -0.4 is 4.74 Å². The molecule has 0 radical (unpaired) electrons. The molecule has 0 N–H and O–H groups in total. The predicted octanol–water partition coefficient (Wildman–Crippen LogP) is 4.56. The van der Waals surface area contributed by atoms with Gasteiger partial charge in [-0.05, 0) is 19.1 Å². The van der Waals surface area contributed by atoms with Crippen molar-refractivity contribution in [3.63, 3.8) is 0 Å². The number of methoxy groups -OCH3 is 1. The van der Waals surface area contributed by atoms with Crippen LogP contribution in [0.1, 0.15) is 5.76 Å². The zero-order valence-electron chi connectivity index (χ0n) is 16.3. The topological polar surface area (TPSA) is 92.0 Å². The van der Waals surface area contributed by atoms with E-state index < -0.39 is 0 Å². The lowest BCUT2D eigenvalue weighted by atomic mass is 10.1. The van der Waals surface area contributed by atoms with Gasteiger partial charge in [0.1, 0.15) is 22.8 Å². The molecular weight excluding hydrogens is 382 g/mol. The van der Waals surface area contributed by atoms with E-state index in [-0.39, 0.29) is 0 Å². The van der Waals surface area contributed by atoms with E-state index in [9.17, 15) is 0 Å². The van der Waals surface area contributed by atoms with Crippen molar-refractivity contribution < 1.29 is 13.7 Å². The van der Waals surface area contributed by atoms with Crippen molar-refractivity contribution in [1.29, 1.82) is 0 Å². The summed E-state index contributed by atoms with van der Waals surface area (Å²) in [6.45, 7) is 1.82. The van der Waals surface area contributed by atoms with Gasteiger partial charge in [-0.25, -0.2) is 4.98 Å². The van der Waals surface area contributed by atoms with Gasteiger partial charge >= 0.3 is 0 Å². The molecule has 0 spiro atoms. The molecule has 0 unspecified atom stereocenters. The molecule has 8 heteroatoms. The molecule has 148 valence electrons. The predicted molar refractivity (Wildman–Crippen MR) is 109 cm³/mol. The first kappa shape index (κ1) is 17.9. The highest BCUT2D eigenvalue weighted by molar-refractivity contribution is 5.78. The minimum absolute atomic E-state index is 0.336. The highest BCUT2D eigenvalue weighted by atomic mass is 16.5. The molecule has 0 aliphatic carbocycles. The van der Waals surface area contributed by atoms with E-state index in [0.29, 0.717) is 40.1 Å². The normalized spacial score (nSPS) is 11.0. The monoisotopic (exact) mass is 399 g/mol. The average Bonchev–Trinajstić information content (AvgIpc) is 3.54. The smallest absolute Gasteiger partial charge is 0.254 e. The van der Waals surface area contributed by atoms with Crippen LogP contribution in [0.4, 0.5) is 0 Å². The number of benzene rings is 2. The molecule has 5 rings (SSSR count). The summed E-state index contributed by atoms with van der Waals surface area (Å²) in [5, 5.41) is 12.7. The van der Waals surface area contributed by atoms with Crippen molar-refractivity contribution in [3.8, 4) is 45.6 Å². The zero-order chi connectivity index (χ0) is 20.5. The minimum Gasteiger partial charge on any atom is -0.496 e. The van der Waals surface area contributed by atoms with Crippen LogP contribution in [0.5, 0.6) is 5.75 Å². The first-order chi connectivity index (χ1) is 14.7. The lowest BCUT2D eigenvalue weighted by Gasteiger charge is -2.08. The quantitative estimate of drug-likeness (QED) is 0.428. The Kier molecular flexibility index (Phi) is 4.36. The van der Waals surface area contributed by atoms with Gasteiger partial charge in [0.05, 0.1) is 24.7 Å². The third-order valence-corrected chi connectivity index (χ3v) is 4.77. The summed E-state index contributed by atoms with van der Waals surface area (Å²) in [7, 11) is 1.60. The van der Waals surface area contributed by atoms with E-state index in [2.05, 4.69) is 20.3 Å². The fraction of sp³-hybridized carbons (Fsp3) is 0.0909. The van der Waals surface area contributed by atoms with E-state index in [0.717, 1.165) is 11.3 Å². The zero-order valence-corrected chi connectivity index (χ0v) is 16.3. The summed E-state index contributed by atoms with van der Waals surface area (Å²) in [5.74, 6) is 1.90. The Morgan fingerprint density at radius 1 is 1.00 bits per heavy atom. The van der Waals surface area contributed by atoms with Crippen LogP contribution in [-0.4, -0.2) is 32.0 Å². The minimum atomic E-state index is 0.336. The molecule has 3 heterocycles. The molecule has 2 aromatic carbocycles. The highest BCUT2D eigenvalue weighted by Crippen LogP contribution is 2.37. The largest absolute Gasteiger partial charge is 0.496 e. The van der Waals surface area contributed by atoms with Crippen molar-refractivity contribution in [2.75, 3.05) is 7.11 Å². The highest BCUT2D eigenvalue weighted by Gasteiger charge is 2.23. The van der Waals surface area contributed by atoms with Gasteiger partial charge in [0, 0.05) is 24.0 Å². The number of aryl methyl sites for hydroxylation is 1. The Morgan fingerprint density at radius 3 is 2.60 bits per heavy atom. The van der Waals surface area contributed by atoms with Gasteiger partial charge in [0.2, 0.25) is 0 Å². The number of rotatable bonds is 5. The summed E-state index contributed by atoms with van der Waals surface area (Å²) < 4.78 is 18.9. The Hall–Kier alpha value is -4.20. The maximum absolute atomic E-state index is 6.01. The summed E-state index contributed by atoms with van der Waals surface area (Å²) in [5.41, 5.74) is 3.84. The van der Waals surface area contributed by atoms with E-state index >= 15 is 0 Å². The molecular formula is C22H17N5O3. The fourth-order valence-corrected chi connectivity index (χ4v) is 3.28. The Bertz CT molecular complexity index is 1290. The summed E-state index contributed by atoms with van der Waals surface area (Å²) in [6, 6.07) is 15.4. The van der Waals surface area contributed by atoms with Gasteiger partial charge < -0.3 is 18.2 Å². The van der Waals surface area contributed by atoms with Crippen LogP contribution in [0.25, 0.3) is 39.9 Å². The maximum atomic E-state index is 6.01. The Labute approximate surface area is 171 Å². The summed E-state index contributed by atoms with van der Waals surface area (Å²) in [6.07, 6.45) is 5.30. The molecule has 5 aromatic rings. The third-order valence-electron chi connectivity index (χ3n) is 4.77. The number of aromatic nitrogens is 5. The van der Waals surface area contributed by atoms with Crippen molar-refractivity contribution >= 4 is 0 Å². The molecule has 0 aliphatic heterocycles. The number of nitrogens with zero attached hydrogens (tertiary/aromatic N) is 5. The van der Waals surface area contributed by atoms with Crippen molar-refractivity contribution in [1.82, 2.24) is 24.9 Å². The molecule has 0 aliphatic rings. The lowest BCUT2D eigenvalue weighted by Crippen LogP contribution is -1.94. The Balaban J connectivity index is 1.55. The molecule has 0 bridgehead atoms. The van der Waals surface area contributed by atoms with Gasteiger partial charge in [-0.3, -0.25) is 0 Å². The van der Waals surface area contributed by atoms with E-state index in [1.54, 1.807) is 19.6 Å². The van der Waals surface area contributed by atoms with E-state index in [1.165, 1.54) is 0 Å². The SMILES string of the molecule is COc1cc(-n2ccnc2)ccc1-c1nnc(-c2c(-c3ccccc3)noc2C)o1. The average molecular weight is 399 g/mol. The second kappa shape index (κ2) is 7.32. The van der Waals surface area contributed by atoms with E-state index in [4.69, 9.17) is 13.7 Å². The Morgan fingerprint density at radius 2 is 1.83 bits per heavy atom. The van der Waals surface area contributed by atoms with Gasteiger partial charge in [0.25, 0.3) is 11.8 Å². The second-order valence-electron chi connectivity index (χ2n) is 6.60. The molecule has 0 amide bonds. The number of ether oxygens (including phenoxy) is 1. The first-order valence-electron chi connectivity index (χ1n) is 9.27. The number of hydrogen-bond donors (Lipinski definition) is 0. The molecule has 0 atom stereocenters. The summed E-state index contributed by atoms with van der Waals surface area (Å²) >= 11 is 0.